The zero-order valence-electron chi connectivity index (χ0n) is 13.4. The number of rotatable bonds is 9. The van der Waals surface area contributed by atoms with Crippen LogP contribution >= 0.6 is 0 Å². The summed E-state index contributed by atoms with van der Waals surface area (Å²) >= 11 is 0. The number of aliphatic hydroxyl groups is 1. The molecule has 0 aliphatic carbocycles. The van der Waals surface area contributed by atoms with Gasteiger partial charge in [-0.05, 0) is 5.56 Å². The Bertz CT molecular complexity index is 644. The topological polar surface area (TPSA) is 206 Å². The van der Waals surface area contributed by atoms with E-state index >= 15 is 0 Å². The smallest absolute Gasteiger partial charge is 0.336 e. The van der Waals surface area contributed by atoms with Crippen LogP contribution in [0.25, 0.3) is 0 Å². The van der Waals surface area contributed by atoms with E-state index in [0.29, 0.717) is 0 Å². The molecule has 1 rings (SSSR count). The third-order valence-corrected chi connectivity index (χ3v) is 3.00. The maximum atomic E-state index is 10.5. The molecule has 0 aromatic heterocycles. The molecule has 0 saturated carbocycles. The molecule has 26 heavy (non-hydrogen) atoms. The van der Waals surface area contributed by atoms with Crippen molar-refractivity contribution in [3.05, 3.63) is 35.9 Å². The molecule has 0 saturated heterocycles. The van der Waals surface area contributed by atoms with E-state index < -0.39 is 48.4 Å². The first kappa shape index (κ1) is 22.7. The minimum absolute atomic E-state index is 0.277. The number of benzene rings is 1. The lowest BCUT2D eigenvalue weighted by Crippen LogP contribution is -2.42. The maximum Gasteiger partial charge on any atom is 0.336 e. The minimum atomic E-state index is -2.74. The molecule has 1 aromatic carbocycles. The second-order valence-electron chi connectivity index (χ2n) is 5.15. The van der Waals surface area contributed by atoms with Crippen LogP contribution in [0, 0.1) is 5.53 Å². The van der Waals surface area contributed by atoms with Crippen LogP contribution in [0.2, 0.25) is 0 Å². The second-order valence-corrected chi connectivity index (χ2v) is 5.15. The highest BCUT2D eigenvalue weighted by molar-refractivity contribution is 5.88. The summed E-state index contributed by atoms with van der Waals surface area (Å²) < 4.78 is 0. The highest BCUT2D eigenvalue weighted by Crippen LogP contribution is 2.15. The van der Waals surface area contributed by atoms with Crippen LogP contribution in [-0.4, -0.2) is 61.1 Å². The molecular weight excluding hydrogens is 352 g/mol. The second kappa shape index (κ2) is 10.5. The molecule has 0 spiro atoms. The average Bonchev–Trinajstić information content (AvgIpc) is 2.52. The Morgan fingerprint density at radius 3 is 1.73 bits per heavy atom. The predicted molar refractivity (Wildman–Crippen MR) is 83.8 cm³/mol. The zero-order valence-corrected chi connectivity index (χ0v) is 13.4. The lowest BCUT2D eigenvalue weighted by Gasteiger charge is -2.18. The predicted octanol–water partition coefficient (Wildman–Crippen LogP) is 0.465. The molecule has 0 bridgehead atoms. The number of hydrogen-bond donors (Lipinski definition) is 6. The standard InChI is InChI=1S/C9H10N2O2.C6H8O7/c10-11-8(9(12)13)6-7-4-2-1-3-5-7;7-3(8)1-6(13,5(11)12)2-4(9)10/h1-5,8,10H,6H2,(H,12,13);13H,1-2H2,(H,7,8)(H,9,10)(H,11,12). The van der Waals surface area contributed by atoms with Crippen molar-refractivity contribution >= 4 is 23.9 Å². The molecule has 0 aliphatic rings. The molecule has 6 N–H and O–H groups in total. The van der Waals surface area contributed by atoms with Gasteiger partial charge in [0.25, 0.3) is 0 Å². The van der Waals surface area contributed by atoms with Gasteiger partial charge >= 0.3 is 23.9 Å². The number of carboxylic acids is 4. The van der Waals surface area contributed by atoms with Crippen molar-refractivity contribution in [1.82, 2.24) is 0 Å². The zero-order chi connectivity index (χ0) is 20.3. The summed E-state index contributed by atoms with van der Waals surface area (Å²) in [5, 5.41) is 45.5. The van der Waals surface area contributed by atoms with Gasteiger partial charge in [0, 0.05) is 6.42 Å². The molecular formula is C15H18N2O9. The largest absolute Gasteiger partial charge is 0.481 e. The summed E-state index contributed by atoms with van der Waals surface area (Å²) in [5.74, 6) is -6.08. The van der Waals surface area contributed by atoms with Crippen LogP contribution in [0.1, 0.15) is 18.4 Å². The monoisotopic (exact) mass is 370 g/mol. The molecule has 1 atom stereocenters. The molecule has 142 valence electrons. The summed E-state index contributed by atoms with van der Waals surface area (Å²) in [6.45, 7) is 0. The van der Waals surface area contributed by atoms with Crippen molar-refractivity contribution < 1.29 is 44.7 Å². The van der Waals surface area contributed by atoms with Crippen LogP contribution < -0.4 is 0 Å². The quantitative estimate of drug-likeness (QED) is 0.333. The SMILES string of the molecule is N=NC(Cc1ccccc1)C(=O)O.O=C(O)CC(O)(CC(=O)O)C(=O)O. The van der Waals surface area contributed by atoms with E-state index in [9.17, 15) is 19.2 Å². The first-order chi connectivity index (χ1) is 12.0. The van der Waals surface area contributed by atoms with Gasteiger partial charge in [-0.2, -0.15) is 5.11 Å². The number of aliphatic carboxylic acids is 4. The number of carbonyl (C=O) groups is 4. The fourth-order valence-corrected chi connectivity index (χ4v) is 1.74. The first-order valence-electron chi connectivity index (χ1n) is 7.04. The van der Waals surface area contributed by atoms with Crippen molar-refractivity contribution in [1.29, 1.82) is 5.53 Å². The summed E-state index contributed by atoms with van der Waals surface area (Å²) in [4.78, 5) is 41.0. The minimum Gasteiger partial charge on any atom is -0.481 e. The molecule has 0 radical (unpaired) electrons. The van der Waals surface area contributed by atoms with Crippen molar-refractivity contribution in [2.24, 2.45) is 5.11 Å². The van der Waals surface area contributed by atoms with E-state index in [0.717, 1.165) is 5.56 Å². The number of nitrogens with one attached hydrogen (secondary N) is 1. The fraction of sp³-hybridized carbons (Fsp3) is 0.333. The number of carboxylic acid groups (broad SMARTS) is 4. The van der Waals surface area contributed by atoms with Crippen LogP contribution in [0.3, 0.4) is 0 Å². The van der Waals surface area contributed by atoms with Gasteiger partial charge in [-0.3, -0.25) is 9.59 Å². The average molecular weight is 370 g/mol. The van der Waals surface area contributed by atoms with Crippen LogP contribution in [0.5, 0.6) is 0 Å². The Hall–Kier alpha value is -3.34. The summed E-state index contributed by atoms with van der Waals surface area (Å²) in [6.07, 6.45) is -2.01. The lowest BCUT2D eigenvalue weighted by atomic mass is 9.96. The van der Waals surface area contributed by atoms with Crippen LogP contribution in [0.15, 0.2) is 35.4 Å². The fourth-order valence-electron chi connectivity index (χ4n) is 1.74. The third-order valence-electron chi connectivity index (χ3n) is 3.00. The summed E-state index contributed by atoms with van der Waals surface area (Å²) in [6, 6.07) is 8.21. The van der Waals surface area contributed by atoms with Crippen molar-refractivity contribution in [3.63, 3.8) is 0 Å². The Morgan fingerprint density at radius 1 is 0.962 bits per heavy atom. The summed E-state index contributed by atoms with van der Waals surface area (Å²) in [7, 11) is 0. The van der Waals surface area contributed by atoms with E-state index in [1.165, 1.54) is 0 Å². The van der Waals surface area contributed by atoms with E-state index in [-0.39, 0.29) is 6.42 Å². The lowest BCUT2D eigenvalue weighted by molar-refractivity contribution is -0.170. The van der Waals surface area contributed by atoms with Gasteiger partial charge in [-0.25, -0.2) is 15.1 Å². The van der Waals surface area contributed by atoms with E-state index in [2.05, 4.69) is 5.11 Å². The molecule has 0 aliphatic heterocycles. The van der Waals surface area contributed by atoms with Crippen molar-refractivity contribution in [3.8, 4) is 0 Å². The molecule has 1 aromatic rings. The first-order valence-corrected chi connectivity index (χ1v) is 7.04. The highest BCUT2D eigenvalue weighted by atomic mass is 16.4. The van der Waals surface area contributed by atoms with E-state index in [1.807, 2.05) is 30.3 Å². The number of nitrogens with zero attached hydrogens (tertiary/aromatic N) is 1. The Labute approximate surface area is 147 Å². The van der Waals surface area contributed by atoms with Crippen molar-refractivity contribution in [2.45, 2.75) is 30.9 Å². The molecule has 11 nitrogen and oxygen atoms in total. The van der Waals surface area contributed by atoms with Gasteiger partial charge < -0.3 is 25.5 Å². The van der Waals surface area contributed by atoms with Gasteiger partial charge in [0.1, 0.15) is 0 Å². The molecule has 11 heteroatoms. The van der Waals surface area contributed by atoms with Gasteiger partial charge in [0.2, 0.25) is 0 Å². The summed E-state index contributed by atoms with van der Waals surface area (Å²) in [5.41, 5.74) is 4.83. The molecule has 1 unspecified atom stereocenters. The number of hydrogen-bond acceptors (Lipinski definition) is 7. The normalized spacial score (nSPS) is 11.4. The van der Waals surface area contributed by atoms with Gasteiger partial charge in [0.05, 0.1) is 12.8 Å². The van der Waals surface area contributed by atoms with Gasteiger partial charge in [-0.1, -0.05) is 30.3 Å². The Kier molecular flexibility index (Phi) is 9.16. The van der Waals surface area contributed by atoms with Crippen LogP contribution in [0.4, 0.5) is 0 Å². The van der Waals surface area contributed by atoms with Crippen molar-refractivity contribution in [2.75, 3.05) is 0 Å². The molecule has 0 heterocycles. The van der Waals surface area contributed by atoms with E-state index in [1.54, 1.807) is 0 Å². The molecule has 0 fully saturated rings. The van der Waals surface area contributed by atoms with E-state index in [4.69, 9.17) is 31.1 Å². The Balaban J connectivity index is 0.000000481. The van der Waals surface area contributed by atoms with Gasteiger partial charge in [-0.15, -0.1) is 0 Å². The third kappa shape index (κ3) is 8.49. The highest BCUT2D eigenvalue weighted by Gasteiger charge is 2.40. The van der Waals surface area contributed by atoms with Crippen LogP contribution in [-0.2, 0) is 25.6 Å². The van der Waals surface area contributed by atoms with Gasteiger partial charge in [0.15, 0.2) is 11.6 Å². The maximum absolute atomic E-state index is 10.5. The Morgan fingerprint density at radius 2 is 1.42 bits per heavy atom. The molecule has 0 amide bonds.